The van der Waals surface area contributed by atoms with Crippen molar-refractivity contribution in [1.82, 2.24) is 24.3 Å². The third-order valence-corrected chi connectivity index (χ3v) is 4.95. The molecule has 0 saturated carbocycles. The molecule has 0 bridgehead atoms. The van der Waals surface area contributed by atoms with Gasteiger partial charge >= 0.3 is 0 Å². The van der Waals surface area contributed by atoms with Crippen LogP contribution >= 0.6 is 0 Å². The zero-order valence-corrected chi connectivity index (χ0v) is 16.5. The van der Waals surface area contributed by atoms with Crippen LogP contribution < -0.4 is 10.3 Å². The van der Waals surface area contributed by atoms with E-state index in [9.17, 15) is 4.79 Å². The molecule has 148 valence electrons. The summed E-state index contributed by atoms with van der Waals surface area (Å²) in [7, 11) is 3.60. The van der Waals surface area contributed by atoms with Gasteiger partial charge in [-0.1, -0.05) is 18.2 Å². The molecule has 7 heteroatoms. The van der Waals surface area contributed by atoms with E-state index in [0.29, 0.717) is 22.8 Å². The van der Waals surface area contributed by atoms with Gasteiger partial charge in [-0.15, -0.1) is 0 Å². The second-order valence-electron chi connectivity index (χ2n) is 7.11. The lowest BCUT2D eigenvalue weighted by Crippen LogP contribution is -2.14. The summed E-state index contributed by atoms with van der Waals surface area (Å²) in [6.07, 6.45) is 5.47. The highest BCUT2D eigenvalue weighted by molar-refractivity contribution is 5.92. The van der Waals surface area contributed by atoms with Gasteiger partial charge in [0.05, 0.1) is 17.3 Å². The van der Waals surface area contributed by atoms with Crippen molar-refractivity contribution < 1.29 is 4.74 Å². The summed E-state index contributed by atoms with van der Waals surface area (Å²) in [6.45, 7) is 0. The Bertz CT molecular complexity index is 1410. The molecule has 0 amide bonds. The van der Waals surface area contributed by atoms with Gasteiger partial charge in [0, 0.05) is 43.7 Å². The van der Waals surface area contributed by atoms with Crippen LogP contribution in [0.2, 0.25) is 0 Å². The van der Waals surface area contributed by atoms with E-state index in [2.05, 4.69) is 10.1 Å². The fourth-order valence-electron chi connectivity index (χ4n) is 3.42. The number of para-hydroxylation sites is 1. The molecule has 30 heavy (non-hydrogen) atoms. The molecule has 0 unspecified atom stereocenters. The largest absolute Gasteiger partial charge is 0.454 e. The maximum Gasteiger partial charge on any atom is 0.250 e. The number of hydrogen-bond donors (Lipinski definition) is 1. The second kappa shape index (κ2) is 7.04. The molecule has 0 fully saturated rings. The molecule has 3 aromatic heterocycles. The number of rotatable bonds is 4. The summed E-state index contributed by atoms with van der Waals surface area (Å²) in [5.74, 6) is 2.05. The van der Waals surface area contributed by atoms with E-state index in [0.717, 1.165) is 22.2 Å². The maximum absolute atomic E-state index is 11.9. The highest BCUT2D eigenvalue weighted by Crippen LogP contribution is 2.39. The molecule has 7 nitrogen and oxygen atoms in total. The van der Waals surface area contributed by atoms with Crippen molar-refractivity contribution in [2.45, 2.75) is 0 Å². The number of aromatic nitrogens is 5. The molecule has 2 aromatic carbocycles. The number of nitrogens with one attached hydrogen (secondary N) is 1. The first kappa shape index (κ1) is 17.9. The molecular weight excluding hydrogens is 378 g/mol. The first-order valence-electron chi connectivity index (χ1n) is 9.50. The summed E-state index contributed by atoms with van der Waals surface area (Å²) in [6, 6.07) is 16.9. The lowest BCUT2D eigenvalue weighted by atomic mass is 10.1. The molecule has 0 aliphatic heterocycles. The first-order chi connectivity index (χ1) is 14.6. The van der Waals surface area contributed by atoms with E-state index in [-0.39, 0.29) is 5.56 Å². The zero-order chi connectivity index (χ0) is 20.7. The fraction of sp³-hybridized carbons (Fsp3) is 0.0870. The van der Waals surface area contributed by atoms with Crippen molar-refractivity contribution in [3.8, 4) is 34.0 Å². The van der Waals surface area contributed by atoms with Crippen molar-refractivity contribution in [2.24, 2.45) is 14.1 Å². The molecule has 0 saturated heterocycles. The number of pyridine rings is 1. The molecule has 3 heterocycles. The Morgan fingerprint density at radius 2 is 1.77 bits per heavy atom. The normalized spacial score (nSPS) is 11.1. The SMILES string of the molecule is Cn1cc(-c2nc3c(Oc4ccccc4)c(-c4ccc(=O)n(C)c4)ccc3[nH]2)cn1. The Morgan fingerprint density at radius 3 is 2.50 bits per heavy atom. The summed E-state index contributed by atoms with van der Waals surface area (Å²) in [5, 5.41) is 4.23. The van der Waals surface area contributed by atoms with Crippen molar-refractivity contribution in [1.29, 1.82) is 0 Å². The van der Waals surface area contributed by atoms with Crippen molar-refractivity contribution in [2.75, 3.05) is 0 Å². The van der Waals surface area contributed by atoms with E-state index in [4.69, 9.17) is 9.72 Å². The topological polar surface area (TPSA) is 77.7 Å². The third kappa shape index (κ3) is 3.16. The molecule has 5 rings (SSSR count). The summed E-state index contributed by atoms with van der Waals surface area (Å²) < 4.78 is 9.60. The molecule has 0 aliphatic rings. The third-order valence-electron chi connectivity index (χ3n) is 4.95. The van der Waals surface area contributed by atoms with Gasteiger partial charge < -0.3 is 14.3 Å². The number of imidazole rings is 1. The van der Waals surface area contributed by atoms with Crippen LogP contribution in [-0.2, 0) is 14.1 Å². The highest BCUT2D eigenvalue weighted by atomic mass is 16.5. The van der Waals surface area contributed by atoms with Gasteiger partial charge in [-0.25, -0.2) is 4.98 Å². The minimum absolute atomic E-state index is 0.0658. The minimum Gasteiger partial charge on any atom is -0.454 e. The van der Waals surface area contributed by atoms with Gasteiger partial charge in [-0.05, 0) is 30.3 Å². The Hall–Kier alpha value is -4.13. The van der Waals surface area contributed by atoms with Crippen LogP contribution in [0.25, 0.3) is 33.5 Å². The van der Waals surface area contributed by atoms with Crippen LogP contribution in [0.4, 0.5) is 0 Å². The van der Waals surface area contributed by atoms with E-state index in [1.165, 1.54) is 0 Å². The number of benzene rings is 2. The number of H-pyrrole nitrogens is 1. The predicted octanol–water partition coefficient (Wildman–Crippen LogP) is 4.12. The number of nitrogens with zero attached hydrogens (tertiary/aromatic N) is 4. The average molecular weight is 397 g/mol. The van der Waals surface area contributed by atoms with Gasteiger partial charge in [0.15, 0.2) is 5.75 Å². The van der Waals surface area contributed by atoms with Gasteiger partial charge in [0.2, 0.25) is 5.56 Å². The van der Waals surface area contributed by atoms with Gasteiger partial charge in [0.25, 0.3) is 0 Å². The molecule has 1 N–H and O–H groups in total. The summed E-state index contributed by atoms with van der Waals surface area (Å²) >= 11 is 0. The van der Waals surface area contributed by atoms with Crippen LogP contribution in [-0.4, -0.2) is 24.3 Å². The minimum atomic E-state index is -0.0658. The molecular formula is C23H19N5O2. The van der Waals surface area contributed by atoms with Crippen molar-refractivity contribution in [3.63, 3.8) is 0 Å². The molecule has 0 radical (unpaired) electrons. The molecule has 5 aromatic rings. The maximum atomic E-state index is 11.9. The molecule has 0 spiro atoms. The first-order valence-corrected chi connectivity index (χ1v) is 9.50. The quantitative estimate of drug-likeness (QED) is 0.495. The lowest BCUT2D eigenvalue weighted by molar-refractivity contribution is 0.489. The van der Waals surface area contributed by atoms with Gasteiger partial charge in [-0.2, -0.15) is 5.10 Å². The van der Waals surface area contributed by atoms with E-state index >= 15 is 0 Å². The molecule has 0 aliphatic carbocycles. The highest BCUT2D eigenvalue weighted by Gasteiger charge is 2.17. The smallest absolute Gasteiger partial charge is 0.250 e. The van der Waals surface area contributed by atoms with Crippen molar-refractivity contribution in [3.05, 3.63) is 83.5 Å². The Morgan fingerprint density at radius 1 is 0.933 bits per heavy atom. The van der Waals surface area contributed by atoms with E-state index in [1.807, 2.05) is 55.7 Å². The number of aryl methyl sites for hydroxylation is 2. The lowest BCUT2D eigenvalue weighted by Gasteiger charge is -2.13. The summed E-state index contributed by atoms with van der Waals surface area (Å²) in [5.41, 5.74) is 4.12. The van der Waals surface area contributed by atoms with Crippen LogP contribution in [0, 0.1) is 0 Å². The van der Waals surface area contributed by atoms with Crippen molar-refractivity contribution >= 4 is 11.0 Å². The monoisotopic (exact) mass is 397 g/mol. The number of aromatic amines is 1. The number of ether oxygens (including phenoxy) is 1. The van der Waals surface area contributed by atoms with Gasteiger partial charge in [0.1, 0.15) is 17.1 Å². The van der Waals surface area contributed by atoms with Crippen LogP contribution in [0.1, 0.15) is 0 Å². The zero-order valence-electron chi connectivity index (χ0n) is 16.5. The standard InChI is InChI=1S/C23H19N5O2/c1-27-13-15(8-11-20(27)29)18-9-10-19-21(22(18)30-17-6-4-3-5-7-17)26-23(25-19)16-12-24-28(2)14-16/h3-14H,1-2H3,(H,25,26). The Labute approximate surface area is 172 Å². The van der Waals surface area contributed by atoms with Crippen LogP contribution in [0.15, 0.2) is 78.0 Å². The fourth-order valence-corrected chi connectivity index (χ4v) is 3.42. The summed E-state index contributed by atoms with van der Waals surface area (Å²) in [4.78, 5) is 20.0. The Balaban J connectivity index is 1.73. The molecule has 0 atom stereocenters. The van der Waals surface area contributed by atoms with Gasteiger partial charge in [-0.3, -0.25) is 9.48 Å². The van der Waals surface area contributed by atoms with Crippen LogP contribution in [0.5, 0.6) is 11.5 Å². The number of fused-ring (bicyclic) bond motifs is 1. The van der Waals surface area contributed by atoms with E-state index in [1.54, 1.807) is 40.8 Å². The Kier molecular flexibility index (Phi) is 4.21. The van der Waals surface area contributed by atoms with E-state index < -0.39 is 0 Å². The average Bonchev–Trinajstić information content (AvgIpc) is 3.37. The van der Waals surface area contributed by atoms with Crippen LogP contribution in [0.3, 0.4) is 0 Å². The number of hydrogen-bond acceptors (Lipinski definition) is 4. The second-order valence-corrected chi connectivity index (χ2v) is 7.11. The predicted molar refractivity (Wildman–Crippen MR) is 115 cm³/mol.